The van der Waals surface area contributed by atoms with E-state index in [1.807, 2.05) is 0 Å². The Kier molecular flexibility index (Phi) is 7.35. The molecule has 1 aromatic rings. The van der Waals surface area contributed by atoms with Crippen LogP contribution in [0.3, 0.4) is 0 Å². The van der Waals surface area contributed by atoms with Gasteiger partial charge in [-0.1, -0.05) is 12.1 Å². The summed E-state index contributed by atoms with van der Waals surface area (Å²) in [5.41, 5.74) is 8.23. The molecular formula is C16H27ClN2O. The topological polar surface area (TPSA) is 38.5 Å². The number of hydrogen-bond acceptors (Lipinski definition) is 3. The standard InChI is InChI=1S/C16H26N2O.ClH/c1-13-5-6-14(2)16(10-13)19-9-8-18-7-3-4-15(11-17)12-18;/h5-6,10,15H,3-4,7-9,11-12,17H2,1-2H3;1H. The molecule has 0 spiro atoms. The Bertz CT molecular complexity index is 411. The number of rotatable bonds is 5. The van der Waals surface area contributed by atoms with Crippen molar-refractivity contribution < 1.29 is 4.74 Å². The van der Waals surface area contributed by atoms with Crippen molar-refractivity contribution in [1.29, 1.82) is 0 Å². The van der Waals surface area contributed by atoms with Crippen molar-refractivity contribution in [2.24, 2.45) is 11.7 Å². The Hall–Kier alpha value is -0.770. The molecule has 1 aliphatic heterocycles. The third-order valence-electron chi connectivity index (χ3n) is 3.95. The second-order valence-electron chi connectivity index (χ2n) is 5.66. The molecule has 0 saturated carbocycles. The SMILES string of the molecule is Cc1ccc(C)c(OCCN2CCCC(CN)C2)c1.Cl. The van der Waals surface area contributed by atoms with Gasteiger partial charge in [0.2, 0.25) is 0 Å². The number of benzene rings is 1. The highest BCUT2D eigenvalue weighted by atomic mass is 35.5. The molecule has 114 valence electrons. The van der Waals surface area contributed by atoms with Gasteiger partial charge in [0.25, 0.3) is 0 Å². The van der Waals surface area contributed by atoms with Gasteiger partial charge in [-0.15, -0.1) is 12.4 Å². The summed E-state index contributed by atoms with van der Waals surface area (Å²) in [6.45, 7) is 9.10. The second kappa shape index (κ2) is 8.50. The summed E-state index contributed by atoms with van der Waals surface area (Å²) in [5.74, 6) is 1.70. The van der Waals surface area contributed by atoms with Crippen LogP contribution in [-0.4, -0.2) is 37.7 Å². The van der Waals surface area contributed by atoms with Crippen LogP contribution in [0.1, 0.15) is 24.0 Å². The van der Waals surface area contributed by atoms with Crippen LogP contribution in [0.25, 0.3) is 0 Å². The molecule has 1 saturated heterocycles. The van der Waals surface area contributed by atoms with Crippen LogP contribution >= 0.6 is 12.4 Å². The monoisotopic (exact) mass is 298 g/mol. The Morgan fingerprint density at radius 1 is 1.35 bits per heavy atom. The average molecular weight is 299 g/mol. The smallest absolute Gasteiger partial charge is 0.122 e. The van der Waals surface area contributed by atoms with Crippen LogP contribution in [0.2, 0.25) is 0 Å². The molecular weight excluding hydrogens is 272 g/mol. The molecule has 3 nitrogen and oxygen atoms in total. The second-order valence-corrected chi connectivity index (χ2v) is 5.66. The highest BCUT2D eigenvalue weighted by Gasteiger charge is 2.18. The van der Waals surface area contributed by atoms with E-state index >= 15 is 0 Å². The van der Waals surface area contributed by atoms with Gasteiger partial charge in [-0.2, -0.15) is 0 Å². The van der Waals surface area contributed by atoms with E-state index in [1.165, 1.54) is 30.5 Å². The minimum absolute atomic E-state index is 0. The molecule has 2 rings (SSSR count). The first kappa shape index (κ1) is 17.3. The maximum absolute atomic E-state index is 5.92. The molecule has 1 aliphatic rings. The zero-order valence-electron chi connectivity index (χ0n) is 12.6. The van der Waals surface area contributed by atoms with E-state index in [9.17, 15) is 0 Å². The summed E-state index contributed by atoms with van der Waals surface area (Å²) in [5, 5.41) is 0. The van der Waals surface area contributed by atoms with Crippen molar-refractivity contribution in [3.63, 3.8) is 0 Å². The van der Waals surface area contributed by atoms with Crippen molar-refractivity contribution in [1.82, 2.24) is 4.90 Å². The van der Waals surface area contributed by atoms with Crippen molar-refractivity contribution >= 4 is 12.4 Å². The molecule has 0 aromatic heterocycles. The van der Waals surface area contributed by atoms with Gasteiger partial charge in [0.15, 0.2) is 0 Å². The van der Waals surface area contributed by atoms with Crippen molar-refractivity contribution in [3.8, 4) is 5.75 Å². The van der Waals surface area contributed by atoms with Gasteiger partial charge in [-0.05, 0) is 62.9 Å². The van der Waals surface area contributed by atoms with Gasteiger partial charge < -0.3 is 10.5 Å². The van der Waals surface area contributed by atoms with Crippen LogP contribution in [0, 0.1) is 19.8 Å². The lowest BCUT2D eigenvalue weighted by Crippen LogP contribution is -2.40. The summed E-state index contributed by atoms with van der Waals surface area (Å²) >= 11 is 0. The van der Waals surface area contributed by atoms with Crippen LogP contribution in [0.4, 0.5) is 0 Å². The van der Waals surface area contributed by atoms with Gasteiger partial charge in [-0.3, -0.25) is 4.90 Å². The zero-order valence-corrected chi connectivity index (χ0v) is 13.4. The minimum Gasteiger partial charge on any atom is -0.492 e. The molecule has 0 bridgehead atoms. The molecule has 1 fully saturated rings. The highest BCUT2D eigenvalue weighted by Crippen LogP contribution is 2.19. The molecule has 1 atom stereocenters. The fourth-order valence-electron chi connectivity index (χ4n) is 2.69. The number of halogens is 1. The molecule has 1 aromatic carbocycles. The molecule has 2 N–H and O–H groups in total. The van der Waals surface area contributed by atoms with Crippen molar-refractivity contribution in [2.45, 2.75) is 26.7 Å². The van der Waals surface area contributed by atoms with E-state index < -0.39 is 0 Å². The molecule has 1 heterocycles. The van der Waals surface area contributed by atoms with E-state index in [1.54, 1.807) is 0 Å². The first-order chi connectivity index (χ1) is 9.19. The predicted octanol–water partition coefficient (Wildman–Crippen LogP) is 2.77. The normalized spacial score (nSPS) is 19.4. The fraction of sp³-hybridized carbons (Fsp3) is 0.625. The lowest BCUT2D eigenvalue weighted by Gasteiger charge is -2.31. The molecule has 0 amide bonds. The van der Waals surface area contributed by atoms with Gasteiger partial charge in [0.1, 0.15) is 12.4 Å². The van der Waals surface area contributed by atoms with Crippen LogP contribution < -0.4 is 10.5 Å². The quantitative estimate of drug-likeness (QED) is 0.908. The van der Waals surface area contributed by atoms with E-state index in [-0.39, 0.29) is 12.4 Å². The Labute approximate surface area is 128 Å². The van der Waals surface area contributed by atoms with Gasteiger partial charge >= 0.3 is 0 Å². The van der Waals surface area contributed by atoms with Crippen molar-refractivity contribution in [3.05, 3.63) is 29.3 Å². The molecule has 20 heavy (non-hydrogen) atoms. The van der Waals surface area contributed by atoms with Crippen LogP contribution in [-0.2, 0) is 0 Å². The summed E-state index contributed by atoms with van der Waals surface area (Å²) < 4.78 is 5.92. The fourth-order valence-corrected chi connectivity index (χ4v) is 2.69. The zero-order chi connectivity index (χ0) is 13.7. The Balaban J connectivity index is 0.00000200. The Morgan fingerprint density at radius 3 is 2.90 bits per heavy atom. The molecule has 0 aliphatic carbocycles. The van der Waals surface area contributed by atoms with Gasteiger partial charge in [0, 0.05) is 13.1 Å². The predicted molar refractivity (Wildman–Crippen MR) is 86.9 cm³/mol. The largest absolute Gasteiger partial charge is 0.492 e. The minimum atomic E-state index is 0. The van der Waals surface area contributed by atoms with Crippen LogP contribution in [0.5, 0.6) is 5.75 Å². The van der Waals surface area contributed by atoms with Crippen molar-refractivity contribution in [2.75, 3.05) is 32.8 Å². The molecule has 4 heteroatoms. The van der Waals surface area contributed by atoms with Crippen LogP contribution in [0.15, 0.2) is 18.2 Å². The number of nitrogens with zero attached hydrogens (tertiary/aromatic N) is 1. The van der Waals surface area contributed by atoms with E-state index in [0.29, 0.717) is 5.92 Å². The third kappa shape index (κ3) is 4.97. The van der Waals surface area contributed by atoms with Gasteiger partial charge in [0.05, 0.1) is 0 Å². The summed E-state index contributed by atoms with van der Waals surface area (Å²) in [6.07, 6.45) is 2.55. The lowest BCUT2D eigenvalue weighted by atomic mass is 9.98. The summed E-state index contributed by atoms with van der Waals surface area (Å²) in [4.78, 5) is 2.48. The molecule has 0 radical (unpaired) electrons. The lowest BCUT2D eigenvalue weighted by molar-refractivity contribution is 0.149. The summed E-state index contributed by atoms with van der Waals surface area (Å²) in [6, 6.07) is 6.36. The number of piperidine rings is 1. The first-order valence-corrected chi connectivity index (χ1v) is 7.31. The first-order valence-electron chi connectivity index (χ1n) is 7.31. The maximum atomic E-state index is 5.92. The number of likely N-dealkylation sites (tertiary alicyclic amines) is 1. The highest BCUT2D eigenvalue weighted by molar-refractivity contribution is 5.85. The third-order valence-corrected chi connectivity index (χ3v) is 3.95. The number of ether oxygens (including phenoxy) is 1. The number of nitrogens with two attached hydrogens (primary N) is 1. The Morgan fingerprint density at radius 2 is 2.15 bits per heavy atom. The van der Waals surface area contributed by atoms with E-state index in [2.05, 4.69) is 36.9 Å². The maximum Gasteiger partial charge on any atom is 0.122 e. The summed E-state index contributed by atoms with van der Waals surface area (Å²) in [7, 11) is 0. The van der Waals surface area contributed by atoms with E-state index in [0.717, 1.165) is 32.0 Å². The average Bonchev–Trinajstić information content (AvgIpc) is 2.43. The number of aryl methyl sites for hydroxylation is 2. The van der Waals surface area contributed by atoms with Gasteiger partial charge in [-0.25, -0.2) is 0 Å². The molecule has 1 unspecified atom stereocenters. The number of hydrogen-bond donors (Lipinski definition) is 1. The van der Waals surface area contributed by atoms with E-state index in [4.69, 9.17) is 10.5 Å².